The number of nitrogen functional groups attached to an aromatic ring is 1. The van der Waals surface area contributed by atoms with Crippen molar-refractivity contribution in [3.63, 3.8) is 0 Å². The van der Waals surface area contributed by atoms with Gasteiger partial charge in [0.2, 0.25) is 5.28 Å². The summed E-state index contributed by atoms with van der Waals surface area (Å²) in [5, 5.41) is 3.31. The molecule has 0 aliphatic rings. The summed E-state index contributed by atoms with van der Waals surface area (Å²) in [6.45, 7) is 4.70. The van der Waals surface area contributed by atoms with Crippen LogP contribution in [0.25, 0.3) is 0 Å². The SMILES string of the molecule is CCCNc1nc(Cl)nc(C)c1N. The van der Waals surface area contributed by atoms with E-state index in [-0.39, 0.29) is 5.28 Å². The molecule has 3 N–H and O–H groups in total. The van der Waals surface area contributed by atoms with E-state index in [0.29, 0.717) is 17.2 Å². The average Bonchev–Trinajstić information content (AvgIpc) is 2.09. The lowest BCUT2D eigenvalue weighted by atomic mass is 10.3. The summed E-state index contributed by atoms with van der Waals surface area (Å²) >= 11 is 5.68. The largest absolute Gasteiger partial charge is 0.394 e. The highest BCUT2D eigenvalue weighted by Gasteiger charge is 2.05. The summed E-state index contributed by atoms with van der Waals surface area (Å²) in [5.74, 6) is 0.624. The van der Waals surface area contributed by atoms with Crippen molar-refractivity contribution in [1.82, 2.24) is 9.97 Å². The first-order valence-corrected chi connectivity index (χ1v) is 4.56. The molecule has 0 radical (unpaired) electrons. The van der Waals surface area contributed by atoms with E-state index in [0.717, 1.165) is 13.0 Å². The maximum Gasteiger partial charge on any atom is 0.224 e. The van der Waals surface area contributed by atoms with Crippen molar-refractivity contribution in [3.05, 3.63) is 11.0 Å². The van der Waals surface area contributed by atoms with Crippen molar-refractivity contribution in [2.24, 2.45) is 0 Å². The second-order valence-electron chi connectivity index (χ2n) is 2.77. The van der Waals surface area contributed by atoms with Crippen LogP contribution < -0.4 is 11.1 Å². The first kappa shape index (κ1) is 10.1. The highest BCUT2D eigenvalue weighted by atomic mass is 35.5. The molecule has 72 valence electrons. The zero-order valence-corrected chi connectivity index (χ0v) is 8.52. The van der Waals surface area contributed by atoms with Crippen molar-refractivity contribution in [3.8, 4) is 0 Å². The van der Waals surface area contributed by atoms with Gasteiger partial charge in [-0.1, -0.05) is 6.92 Å². The number of aromatic nitrogens is 2. The van der Waals surface area contributed by atoms with E-state index in [1.54, 1.807) is 6.92 Å². The van der Waals surface area contributed by atoms with Crippen LogP contribution in [0.4, 0.5) is 11.5 Å². The molecule has 1 rings (SSSR count). The van der Waals surface area contributed by atoms with Crippen molar-refractivity contribution >= 4 is 23.1 Å². The molecule has 5 heteroatoms. The van der Waals surface area contributed by atoms with E-state index >= 15 is 0 Å². The zero-order valence-electron chi connectivity index (χ0n) is 7.76. The Labute approximate surface area is 82.5 Å². The molecule has 0 aliphatic carbocycles. The first-order valence-electron chi connectivity index (χ1n) is 4.18. The van der Waals surface area contributed by atoms with Crippen LogP contribution >= 0.6 is 11.6 Å². The smallest absolute Gasteiger partial charge is 0.224 e. The summed E-state index contributed by atoms with van der Waals surface area (Å²) < 4.78 is 0. The Hall–Kier alpha value is -1.03. The predicted octanol–water partition coefficient (Wildman–Crippen LogP) is 1.84. The molecule has 4 nitrogen and oxygen atoms in total. The zero-order chi connectivity index (χ0) is 9.84. The van der Waals surface area contributed by atoms with E-state index in [9.17, 15) is 0 Å². The fourth-order valence-corrected chi connectivity index (χ4v) is 1.14. The third-order valence-electron chi connectivity index (χ3n) is 1.65. The summed E-state index contributed by atoms with van der Waals surface area (Å²) in [6.07, 6.45) is 1.01. The number of anilines is 2. The normalized spacial score (nSPS) is 10.1. The minimum Gasteiger partial charge on any atom is -0.394 e. The van der Waals surface area contributed by atoms with Crippen LogP contribution in [-0.4, -0.2) is 16.5 Å². The molecule has 0 aromatic carbocycles. The van der Waals surface area contributed by atoms with E-state index in [1.807, 2.05) is 0 Å². The summed E-state index contributed by atoms with van der Waals surface area (Å²) in [4.78, 5) is 7.92. The van der Waals surface area contributed by atoms with Gasteiger partial charge in [0.1, 0.15) is 0 Å². The van der Waals surface area contributed by atoms with Gasteiger partial charge in [0, 0.05) is 6.54 Å². The third kappa shape index (κ3) is 2.45. The first-order chi connectivity index (χ1) is 6.15. The Balaban J connectivity index is 2.92. The third-order valence-corrected chi connectivity index (χ3v) is 1.82. The van der Waals surface area contributed by atoms with Crippen LogP contribution in [0.15, 0.2) is 0 Å². The maximum atomic E-state index is 5.75. The van der Waals surface area contributed by atoms with Crippen LogP contribution in [0.3, 0.4) is 0 Å². The van der Waals surface area contributed by atoms with Gasteiger partial charge >= 0.3 is 0 Å². The maximum absolute atomic E-state index is 5.75. The molecule has 0 spiro atoms. The van der Waals surface area contributed by atoms with Gasteiger partial charge in [0.05, 0.1) is 11.4 Å². The molecule has 0 amide bonds. The molecule has 0 aliphatic heterocycles. The molecule has 13 heavy (non-hydrogen) atoms. The minimum absolute atomic E-state index is 0.227. The number of nitrogens with one attached hydrogen (secondary N) is 1. The van der Waals surface area contributed by atoms with Crippen LogP contribution in [-0.2, 0) is 0 Å². The second-order valence-corrected chi connectivity index (χ2v) is 3.11. The van der Waals surface area contributed by atoms with Gasteiger partial charge < -0.3 is 11.1 Å². The highest BCUT2D eigenvalue weighted by Crippen LogP contribution is 2.20. The molecule has 1 aromatic rings. The number of nitrogens with two attached hydrogens (primary N) is 1. The molecule has 0 fully saturated rings. The quantitative estimate of drug-likeness (QED) is 0.731. The lowest BCUT2D eigenvalue weighted by molar-refractivity contribution is 0.963. The van der Waals surface area contributed by atoms with Gasteiger partial charge in [0.25, 0.3) is 0 Å². The highest BCUT2D eigenvalue weighted by molar-refractivity contribution is 6.28. The molecule has 0 saturated heterocycles. The van der Waals surface area contributed by atoms with Crippen molar-refractivity contribution in [2.45, 2.75) is 20.3 Å². The number of nitrogens with zero attached hydrogens (tertiary/aromatic N) is 2. The van der Waals surface area contributed by atoms with Crippen LogP contribution in [0.2, 0.25) is 5.28 Å². The van der Waals surface area contributed by atoms with Gasteiger partial charge in [-0.3, -0.25) is 0 Å². The van der Waals surface area contributed by atoms with E-state index in [4.69, 9.17) is 17.3 Å². The van der Waals surface area contributed by atoms with Crippen LogP contribution in [0.1, 0.15) is 19.0 Å². The van der Waals surface area contributed by atoms with Gasteiger partial charge in [-0.05, 0) is 24.9 Å². The molecular weight excluding hydrogens is 188 g/mol. The molecule has 1 aromatic heterocycles. The fourth-order valence-electron chi connectivity index (χ4n) is 0.926. The topological polar surface area (TPSA) is 63.8 Å². The van der Waals surface area contributed by atoms with Crippen LogP contribution in [0, 0.1) is 6.92 Å². The Morgan fingerprint density at radius 2 is 2.15 bits per heavy atom. The molecular formula is C8H13ClN4. The van der Waals surface area contributed by atoms with Gasteiger partial charge in [-0.25, -0.2) is 4.98 Å². The Bertz CT molecular complexity index is 300. The lowest BCUT2D eigenvalue weighted by Gasteiger charge is -2.08. The second kappa shape index (κ2) is 4.28. The minimum atomic E-state index is 0.227. The van der Waals surface area contributed by atoms with Gasteiger partial charge in [-0.2, -0.15) is 4.98 Å². The Morgan fingerprint density at radius 1 is 1.46 bits per heavy atom. The van der Waals surface area contributed by atoms with Crippen molar-refractivity contribution in [1.29, 1.82) is 0 Å². The van der Waals surface area contributed by atoms with E-state index in [1.165, 1.54) is 0 Å². The van der Waals surface area contributed by atoms with Gasteiger partial charge in [-0.15, -0.1) is 0 Å². The number of halogens is 1. The molecule has 0 bridgehead atoms. The monoisotopic (exact) mass is 200 g/mol. The Kier molecular flexibility index (Phi) is 3.31. The summed E-state index contributed by atoms with van der Waals surface area (Å²) in [7, 11) is 0. The van der Waals surface area contributed by atoms with E-state index in [2.05, 4.69) is 22.2 Å². The summed E-state index contributed by atoms with van der Waals surface area (Å²) in [5.41, 5.74) is 7.02. The van der Waals surface area contributed by atoms with Crippen LogP contribution in [0.5, 0.6) is 0 Å². The number of aryl methyl sites for hydroxylation is 1. The fraction of sp³-hybridized carbons (Fsp3) is 0.500. The standard InChI is InChI=1S/C8H13ClN4/c1-3-4-11-7-6(10)5(2)12-8(9)13-7/h3-4,10H2,1-2H3,(H,11,12,13). The predicted molar refractivity (Wildman–Crippen MR) is 55.0 cm³/mol. The number of hydrogen-bond donors (Lipinski definition) is 2. The van der Waals surface area contributed by atoms with Gasteiger partial charge in [0.15, 0.2) is 5.82 Å². The number of hydrogen-bond acceptors (Lipinski definition) is 4. The number of rotatable bonds is 3. The van der Waals surface area contributed by atoms with Crippen molar-refractivity contribution in [2.75, 3.05) is 17.6 Å². The molecule has 0 saturated carbocycles. The summed E-state index contributed by atoms with van der Waals surface area (Å²) in [6, 6.07) is 0. The van der Waals surface area contributed by atoms with Crippen molar-refractivity contribution < 1.29 is 0 Å². The molecule has 0 unspecified atom stereocenters. The average molecular weight is 201 g/mol. The Morgan fingerprint density at radius 3 is 2.77 bits per heavy atom. The molecule has 1 heterocycles. The lowest BCUT2D eigenvalue weighted by Crippen LogP contribution is -2.07. The van der Waals surface area contributed by atoms with E-state index < -0.39 is 0 Å². The molecule has 0 atom stereocenters.